The lowest BCUT2D eigenvalue weighted by Gasteiger charge is -2.24. The SMILES string of the molecule is CCCN(CCC)C(=O)c1cc(C)cc(C(=O)NCC(N)C(O)CN2CCC(O)C2)c1. The molecule has 0 aliphatic carbocycles. The average molecular weight is 435 g/mol. The van der Waals surface area contributed by atoms with Crippen molar-refractivity contribution in [3.8, 4) is 0 Å². The zero-order valence-corrected chi connectivity index (χ0v) is 19.0. The van der Waals surface area contributed by atoms with Crippen LogP contribution in [0.25, 0.3) is 0 Å². The molecule has 1 fully saturated rings. The largest absolute Gasteiger partial charge is 0.392 e. The summed E-state index contributed by atoms with van der Waals surface area (Å²) in [5, 5.41) is 22.7. The van der Waals surface area contributed by atoms with Crippen molar-refractivity contribution in [3.05, 3.63) is 34.9 Å². The van der Waals surface area contributed by atoms with E-state index in [1.54, 1.807) is 18.2 Å². The first-order valence-corrected chi connectivity index (χ1v) is 11.3. The van der Waals surface area contributed by atoms with Gasteiger partial charge in [0.25, 0.3) is 11.8 Å². The van der Waals surface area contributed by atoms with Crippen LogP contribution in [-0.4, -0.2) is 89.3 Å². The van der Waals surface area contributed by atoms with E-state index in [-0.39, 0.29) is 24.5 Å². The lowest BCUT2D eigenvalue weighted by atomic mass is 10.0. The Morgan fingerprint density at radius 1 is 1.23 bits per heavy atom. The van der Waals surface area contributed by atoms with E-state index >= 15 is 0 Å². The molecule has 1 heterocycles. The number of amides is 2. The van der Waals surface area contributed by atoms with Gasteiger partial charge in [0, 0.05) is 56.4 Å². The van der Waals surface area contributed by atoms with E-state index in [2.05, 4.69) is 5.32 Å². The number of hydrogen-bond acceptors (Lipinski definition) is 6. The fraction of sp³-hybridized carbons (Fsp3) is 0.652. The molecule has 0 radical (unpaired) electrons. The lowest BCUT2D eigenvalue weighted by Crippen LogP contribution is -2.49. The molecule has 0 bridgehead atoms. The van der Waals surface area contributed by atoms with Gasteiger partial charge in [-0.1, -0.05) is 13.8 Å². The van der Waals surface area contributed by atoms with Crippen molar-refractivity contribution in [1.29, 1.82) is 0 Å². The summed E-state index contributed by atoms with van der Waals surface area (Å²) in [5.41, 5.74) is 7.80. The normalized spacial score (nSPS) is 18.6. The topological polar surface area (TPSA) is 119 Å². The molecule has 1 aromatic carbocycles. The third kappa shape index (κ3) is 7.57. The number of rotatable bonds is 11. The number of hydrogen-bond donors (Lipinski definition) is 4. The molecule has 2 rings (SSSR count). The van der Waals surface area contributed by atoms with Crippen molar-refractivity contribution in [2.45, 2.75) is 58.3 Å². The summed E-state index contributed by atoms with van der Waals surface area (Å²) >= 11 is 0. The minimum absolute atomic E-state index is 0.0682. The molecule has 1 aromatic rings. The highest BCUT2D eigenvalue weighted by Crippen LogP contribution is 2.14. The Hall–Kier alpha value is -2.00. The Kier molecular flexibility index (Phi) is 9.90. The van der Waals surface area contributed by atoms with E-state index in [0.29, 0.717) is 43.7 Å². The maximum Gasteiger partial charge on any atom is 0.253 e. The van der Waals surface area contributed by atoms with E-state index in [0.717, 1.165) is 24.9 Å². The number of aryl methyl sites for hydroxylation is 1. The van der Waals surface area contributed by atoms with Gasteiger partial charge < -0.3 is 26.2 Å². The molecule has 1 saturated heterocycles. The predicted molar refractivity (Wildman–Crippen MR) is 121 cm³/mol. The molecule has 8 nitrogen and oxygen atoms in total. The van der Waals surface area contributed by atoms with Gasteiger partial charge in [-0.15, -0.1) is 0 Å². The Labute approximate surface area is 185 Å². The number of nitrogens with one attached hydrogen (secondary N) is 1. The van der Waals surface area contributed by atoms with Crippen LogP contribution in [-0.2, 0) is 0 Å². The summed E-state index contributed by atoms with van der Waals surface area (Å²) in [4.78, 5) is 29.4. The Balaban J connectivity index is 1.97. The second-order valence-corrected chi connectivity index (χ2v) is 8.52. The molecule has 0 saturated carbocycles. The molecule has 174 valence electrons. The van der Waals surface area contributed by atoms with Gasteiger partial charge in [-0.25, -0.2) is 0 Å². The number of likely N-dealkylation sites (tertiary alicyclic amines) is 1. The summed E-state index contributed by atoms with van der Waals surface area (Å²) in [7, 11) is 0. The van der Waals surface area contributed by atoms with Gasteiger partial charge in [0.2, 0.25) is 0 Å². The van der Waals surface area contributed by atoms with Crippen LogP contribution < -0.4 is 11.1 Å². The number of aliphatic hydroxyl groups is 2. The average Bonchev–Trinajstić information content (AvgIpc) is 3.14. The Morgan fingerprint density at radius 2 is 1.87 bits per heavy atom. The van der Waals surface area contributed by atoms with Crippen LogP contribution in [0.15, 0.2) is 18.2 Å². The quantitative estimate of drug-likeness (QED) is 0.408. The van der Waals surface area contributed by atoms with Crippen LogP contribution >= 0.6 is 0 Å². The first-order valence-electron chi connectivity index (χ1n) is 11.3. The molecular formula is C23H38N4O4. The van der Waals surface area contributed by atoms with Gasteiger partial charge in [-0.05, 0) is 49.9 Å². The summed E-state index contributed by atoms with van der Waals surface area (Å²) < 4.78 is 0. The number of nitrogens with two attached hydrogens (primary N) is 1. The monoisotopic (exact) mass is 434 g/mol. The van der Waals surface area contributed by atoms with Gasteiger partial charge in [0.15, 0.2) is 0 Å². The molecular weight excluding hydrogens is 396 g/mol. The van der Waals surface area contributed by atoms with E-state index in [1.165, 1.54) is 0 Å². The Morgan fingerprint density at radius 3 is 2.45 bits per heavy atom. The van der Waals surface area contributed by atoms with Gasteiger partial charge >= 0.3 is 0 Å². The van der Waals surface area contributed by atoms with Gasteiger partial charge in [0.05, 0.1) is 12.2 Å². The summed E-state index contributed by atoms with van der Waals surface area (Å²) in [6.45, 7) is 9.04. The number of carbonyl (C=O) groups is 2. The highest BCUT2D eigenvalue weighted by molar-refractivity contribution is 6.00. The summed E-state index contributed by atoms with van der Waals surface area (Å²) in [6, 6.07) is 4.54. The number of β-amino-alcohol motifs (C(OH)–C–C–N with tert-alkyl or cyclic N) is 2. The molecule has 3 atom stereocenters. The van der Waals surface area contributed by atoms with Crippen LogP contribution in [0.2, 0.25) is 0 Å². The second-order valence-electron chi connectivity index (χ2n) is 8.52. The third-order valence-electron chi connectivity index (χ3n) is 5.55. The van der Waals surface area contributed by atoms with Gasteiger partial charge in [-0.2, -0.15) is 0 Å². The fourth-order valence-corrected chi connectivity index (χ4v) is 3.90. The van der Waals surface area contributed by atoms with E-state index in [9.17, 15) is 19.8 Å². The number of nitrogens with zero attached hydrogens (tertiary/aromatic N) is 2. The first-order chi connectivity index (χ1) is 14.7. The third-order valence-corrected chi connectivity index (χ3v) is 5.55. The second kappa shape index (κ2) is 12.1. The zero-order chi connectivity index (χ0) is 23.0. The number of benzene rings is 1. The minimum atomic E-state index is -0.808. The molecule has 8 heteroatoms. The van der Waals surface area contributed by atoms with E-state index < -0.39 is 12.1 Å². The molecule has 2 amide bonds. The van der Waals surface area contributed by atoms with Crippen LogP contribution in [0.3, 0.4) is 0 Å². The van der Waals surface area contributed by atoms with Crippen LogP contribution in [0, 0.1) is 6.92 Å². The lowest BCUT2D eigenvalue weighted by molar-refractivity contribution is 0.0755. The maximum atomic E-state index is 12.9. The summed E-state index contributed by atoms with van der Waals surface area (Å²) in [6.07, 6.45) is 1.29. The van der Waals surface area contributed by atoms with E-state index in [4.69, 9.17) is 5.73 Å². The highest BCUT2D eigenvalue weighted by Gasteiger charge is 2.25. The standard InChI is InChI=1S/C23H38N4O4/c1-4-7-27(8-5-2)23(31)18-11-16(3)10-17(12-18)22(30)25-13-20(24)21(29)15-26-9-6-19(28)14-26/h10-12,19-21,28-29H,4-9,13-15,24H2,1-3H3,(H,25,30). The van der Waals surface area contributed by atoms with Crippen molar-refractivity contribution in [2.24, 2.45) is 5.73 Å². The first kappa shape index (κ1) is 25.3. The molecule has 31 heavy (non-hydrogen) atoms. The van der Waals surface area contributed by atoms with E-state index in [1.807, 2.05) is 30.6 Å². The van der Waals surface area contributed by atoms with Crippen molar-refractivity contribution < 1.29 is 19.8 Å². The molecule has 0 spiro atoms. The predicted octanol–water partition coefficient (Wildman–Crippen LogP) is 0.742. The highest BCUT2D eigenvalue weighted by atomic mass is 16.3. The van der Waals surface area contributed by atoms with Crippen LogP contribution in [0.5, 0.6) is 0 Å². The Bertz CT molecular complexity index is 736. The zero-order valence-electron chi connectivity index (χ0n) is 19.0. The van der Waals surface area contributed by atoms with Crippen LogP contribution in [0.4, 0.5) is 0 Å². The molecule has 1 aliphatic heterocycles. The van der Waals surface area contributed by atoms with Gasteiger partial charge in [0.1, 0.15) is 0 Å². The number of carbonyl (C=O) groups excluding carboxylic acids is 2. The molecule has 5 N–H and O–H groups in total. The van der Waals surface area contributed by atoms with Crippen molar-refractivity contribution in [1.82, 2.24) is 15.1 Å². The molecule has 0 aromatic heterocycles. The number of aliphatic hydroxyl groups excluding tert-OH is 2. The molecule has 1 aliphatic rings. The smallest absolute Gasteiger partial charge is 0.253 e. The van der Waals surface area contributed by atoms with Crippen molar-refractivity contribution in [2.75, 3.05) is 39.3 Å². The molecule has 3 unspecified atom stereocenters. The maximum absolute atomic E-state index is 12.9. The van der Waals surface area contributed by atoms with Crippen molar-refractivity contribution in [3.63, 3.8) is 0 Å². The van der Waals surface area contributed by atoms with Crippen LogP contribution in [0.1, 0.15) is 59.4 Å². The van der Waals surface area contributed by atoms with Crippen molar-refractivity contribution >= 4 is 11.8 Å². The van der Waals surface area contributed by atoms with Gasteiger partial charge in [-0.3, -0.25) is 14.5 Å². The minimum Gasteiger partial charge on any atom is -0.392 e. The summed E-state index contributed by atoms with van der Waals surface area (Å²) in [5.74, 6) is -0.393. The fourth-order valence-electron chi connectivity index (χ4n) is 3.90.